The summed E-state index contributed by atoms with van der Waals surface area (Å²) >= 11 is 0. The van der Waals surface area contributed by atoms with Gasteiger partial charge in [0.25, 0.3) is 0 Å². The van der Waals surface area contributed by atoms with Gasteiger partial charge in [-0.15, -0.1) is 0 Å². The lowest BCUT2D eigenvalue weighted by Gasteiger charge is -2.34. The second kappa shape index (κ2) is 8.11. The lowest BCUT2D eigenvalue weighted by atomic mass is 9.95. The molecule has 0 N–H and O–H groups in total. The summed E-state index contributed by atoms with van der Waals surface area (Å²) in [5.41, 5.74) is 2.87. The zero-order valence-corrected chi connectivity index (χ0v) is 17.8. The van der Waals surface area contributed by atoms with Gasteiger partial charge in [0, 0.05) is 65.0 Å². The minimum atomic E-state index is -0.175. The Labute approximate surface area is 168 Å². The second-order valence-electron chi connectivity index (χ2n) is 9.27. The summed E-state index contributed by atoms with van der Waals surface area (Å²) in [7, 11) is 2.03. The third kappa shape index (κ3) is 5.04. The first kappa shape index (κ1) is 20.6. The Morgan fingerprint density at radius 3 is 2.43 bits per heavy atom. The summed E-state index contributed by atoms with van der Waals surface area (Å²) in [5, 5.41) is 0. The number of benzene rings is 1. The molecule has 2 heterocycles. The predicted octanol–water partition coefficient (Wildman–Crippen LogP) is 3.04. The molecule has 0 aliphatic carbocycles. The SMILES string of the molecule is CC(=O)N1CCN(Cc2ccc(F)c(C3=CN(C)CN3CC(C)(C)C)c2)CC1. The molecule has 0 unspecified atom stereocenters. The molecule has 5 nitrogen and oxygen atoms in total. The summed E-state index contributed by atoms with van der Waals surface area (Å²) in [6.07, 6.45) is 2.04. The third-order valence-electron chi connectivity index (χ3n) is 5.27. The lowest BCUT2D eigenvalue weighted by Crippen LogP contribution is -2.47. The van der Waals surface area contributed by atoms with Crippen LogP contribution >= 0.6 is 0 Å². The lowest BCUT2D eigenvalue weighted by molar-refractivity contribution is -0.130. The zero-order chi connectivity index (χ0) is 20.5. The van der Waals surface area contributed by atoms with Gasteiger partial charge in [-0.2, -0.15) is 0 Å². The van der Waals surface area contributed by atoms with Gasteiger partial charge < -0.3 is 14.7 Å². The number of carbonyl (C=O) groups is 1. The molecule has 6 heteroatoms. The predicted molar refractivity (Wildman–Crippen MR) is 111 cm³/mol. The van der Waals surface area contributed by atoms with Crippen molar-refractivity contribution in [2.45, 2.75) is 34.2 Å². The molecule has 154 valence electrons. The Kier molecular flexibility index (Phi) is 5.98. The number of rotatable bonds is 4. The summed E-state index contributed by atoms with van der Waals surface area (Å²) in [6, 6.07) is 5.46. The van der Waals surface area contributed by atoms with Crippen molar-refractivity contribution in [1.29, 1.82) is 0 Å². The van der Waals surface area contributed by atoms with Crippen molar-refractivity contribution >= 4 is 11.6 Å². The maximum Gasteiger partial charge on any atom is 0.219 e. The summed E-state index contributed by atoms with van der Waals surface area (Å²) in [6.45, 7) is 13.9. The van der Waals surface area contributed by atoms with E-state index >= 15 is 0 Å². The molecular weight excluding hydrogens is 355 g/mol. The van der Waals surface area contributed by atoms with E-state index in [0.29, 0.717) is 5.56 Å². The van der Waals surface area contributed by atoms with Gasteiger partial charge in [0.2, 0.25) is 5.91 Å². The van der Waals surface area contributed by atoms with Crippen LogP contribution in [0.3, 0.4) is 0 Å². The number of carbonyl (C=O) groups excluding carboxylic acids is 1. The smallest absolute Gasteiger partial charge is 0.219 e. The number of nitrogens with zero attached hydrogens (tertiary/aromatic N) is 4. The van der Waals surface area contributed by atoms with Crippen LogP contribution in [0.4, 0.5) is 4.39 Å². The highest BCUT2D eigenvalue weighted by Gasteiger charge is 2.27. The first-order valence-corrected chi connectivity index (χ1v) is 10.1. The molecule has 1 aromatic carbocycles. The van der Waals surface area contributed by atoms with Crippen LogP contribution in [0.15, 0.2) is 24.4 Å². The minimum Gasteiger partial charge on any atom is -0.361 e. The standard InChI is InChI=1S/C22H33FN4O/c1-17(28)26-10-8-25(9-11-26)13-18-6-7-20(23)19(12-18)21-14-24(5)16-27(21)15-22(2,3)4/h6-7,12,14H,8-11,13,15-16H2,1-5H3. The average molecular weight is 389 g/mol. The second-order valence-corrected chi connectivity index (χ2v) is 9.27. The van der Waals surface area contributed by atoms with Crippen LogP contribution in [0, 0.1) is 11.2 Å². The first-order valence-electron chi connectivity index (χ1n) is 10.1. The largest absolute Gasteiger partial charge is 0.361 e. The van der Waals surface area contributed by atoms with Crippen LogP contribution in [0.5, 0.6) is 0 Å². The van der Waals surface area contributed by atoms with E-state index in [0.717, 1.165) is 57.2 Å². The van der Waals surface area contributed by atoms with Crippen molar-refractivity contribution in [3.05, 3.63) is 41.3 Å². The van der Waals surface area contributed by atoms with Gasteiger partial charge in [-0.1, -0.05) is 26.8 Å². The normalized spacial score (nSPS) is 18.6. The quantitative estimate of drug-likeness (QED) is 0.793. The summed E-state index contributed by atoms with van der Waals surface area (Å²) < 4.78 is 14.7. The molecule has 0 atom stereocenters. The maximum absolute atomic E-state index is 14.7. The Bertz CT molecular complexity index is 747. The van der Waals surface area contributed by atoms with Gasteiger partial charge in [0.15, 0.2) is 0 Å². The molecule has 2 aliphatic rings. The van der Waals surface area contributed by atoms with Gasteiger partial charge in [0.1, 0.15) is 5.82 Å². The molecule has 0 radical (unpaired) electrons. The molecule has 1 aromatic rings. The fourth-order valence-corrected chi connectivity index (χ4v) is 3.97. The van der Waals surface area contributed by atoms with Crippen LogP contribution in [0.1, 0.15) is 38.8 Å². The van der Waals surface area contributed by atoms with E-state index in [2.05, 4.69) is 35.5 Å². The van der Waals surface area contributed by atoms with Gasteiger partial charge in [-0.05, 0) is 23.1 Å². The summed E-state index contributed by atoms with van der Waals surface area (Å²) in [5.74, 6) is -0.0365. The van der Waals surface area contributed by atoms with Crippen molar-refractivity contribution < 1.29 is 9.18 Å². The highest BCUT2D eigenvalue weighted by atomic mass is 19.1. The van der Waals surface area contributed by atoms with Crippen molar-refractivity contribution in [1.82, 2.24) is 19.6 Å². The van der Waals surface area contributed by atoms with Crippen molar-refractivity contribution in [2.24, 2.45) is 5.41 Å². The summed E-state index contributed by atoms with van der Waals surface area (Å²) in [4.78, 5) is 20.1. The molecular formula is C22H33FN4O. The molecule has 1 fully saturated rings. The van der Waals surface area contributed by atoms with Crippen molar-refractivity contribution in [3.8, 4) is 0 Å². The van der Waals surface area contributed by atoms with Gasteiger partial charge >= 0.3 is 0 Å². The van der Waals surface area contributed by atoms with Crippen LogP contribution in [0.2, 0.25) is 0 Å². The molecule has 0 spiro atoms. The van der Waals surface area contributed by atoms with Gasteiger partial charge in [0.05, 0.1) is 12.4 Å². The fraction of sp³-hybridized carbons (Fsp3) is 0.591. The fourth-order valence-electron chi connectivity index (χ4n) is 3.97. The van der Waals surface area contributed by atoms with Crippen LogP contribution in [-0.4, -0.2) is 71.9 Å². The van der Waals surface area contributed by atoms with Crippen molar-refractivity contribution in [3.63, 3.8) is 0 Å². The zero-order valence-electron chi connectivity index (χ0n) is 17.8. The molecule has 2 aliphatic heterocycles. The average Bonchev–Trinajstić information content (AvgIpc) is 2.95. The van der Waals surface area contributed by atoms with Gasteiger partial charge in [-0.25, -0.2) is 4.39 Å². The highest BCUT2D eigenvalue weighted by Crippen LogP contribution is 2.31. The van der Waals surface area contributed by atoms with Crippen LogP contribution < -0.4 is 0 Å². The van der Waals surface area contributed by atoms with E-state index in [1.54, 1.807) is 13.0 Å². The topological polar surface area (TPSA) is 30.0 Å². The molecule has 0 saturated carbocycles. The van der Waals surface area contributed by atoms with E-state index in [1.807, 2.05) is 30.3 Å². The molecule has 1 saturated heterocycles. The van der Waals surface area contributed by atoms with Crippen molar-refractivity contribution in [2.75, 3.05) is 46.4 Å². The van der Waals surface area contributed by atoms with Crippen LogP contribution in [-0.2, 0) is 11.3 Å². The monoisotopic (exact) mass is 388 g/mol. The highest BCUT2D eigenvalue weighted by molar-refractivity contribution is 5.73. The number of hydrogen-bond acceptors (Lipinski definition) is 4. The molecule has 3 rings (SSSR count). The Hall–Kier alpha value is -2.08. The number of halogens is 1. The molecule has 1 amide bonds. The Balaban J connectivity index is 1.74. The van der Waals surface area contributed by atoms with E-state index in [-0.39, 0.29) is 17.1 Å². The van der Waals surface area contributed by atoms with E-state index in [4.69, 9.17) is 0 Å². The van der Waals surface area contributed by atoms with Gasteiger partial charge in [-0.3, -0.25) is 9.69 Å². The molecule has 28 heavy (non-hydrogen) atoms. The third-order valence-corrected chi connectivity index (χ3v) is 5.27. The Morgan fingerprint density at radius 2 is 1.82 bits per heavy atom. The minimum absolute atomic E-state index is 0.134. The number of hydrogen-bond donors (Lipinski definition) is 0. The molecule has 0 bridgehead atoms. The maximum atomic E-state index is 14.7. The van der Waals surface area contributed by atoms with E-state index < -0.39 is 0 Å². The molecule has 0 aromatic heterocycles. The first-order chi connectivity index (χ1) is 13.1. The number of amides is 1. The van der Waals surface area contributed by atoms with E-state index in [1.165, 1.54) is 0 Å². The number of piperazine rings is 1. The Morgan fingerprint density at radius 1 is 1.14 bits per heavy atom. The van der Waals surface area contributed by atoms with Crippen LogP contribution in [0.25, 0.3) is 5.70 Å². The van der Waals surface area contributed by atoms with E-state index in [9.17, 15) is 9.18 Å².